The van der Waals surface area contributed by atoms with E-state index in [9.17, 15) is 0 Å². The molecule has 1 aliphatic heterocycles. The number of nitrogens with zero attached hydrogens (tertiary/aromatic N) is 5. The van der Waals surface area contributed by atoms with E-state index in [0.717, 1.165) is 41.3 Å². The van der Waals surface area contributed by atoms with Gasteiger partial charge in [-0.15, -0.1) is 0 Å². The van der Waals surface area contributed by atoms with Crippen LogP contribution in [0.15, 0.2) is 35.1 Å². The molecule has 140 valence electrons. The molecule has 1 fully saturated rings. The molecule has 0 N–H and O–H groups in total. The van der Waals surface area contributed by atoms with Gasteiger partial charge in [0, 0.05) is 42.8 Å². The van der Waals surface area contributed by atoms with Gasteiger partial charge in [-0.05, 0) is 39.8 Å². The Balaban J connectivity index is 1.83. The fourth-order valence-electron chi connectivity index (χ4n) is 3.48. The minimum absolute atomic E-state index is 0.137. The van der Waals surface area contributed by atoms with E-state index < -0.39 is 0 Å². The lowest BCUT2D eigenvalue weighted by atomic mass is 10.0. The van der Waals surface area contributed by atoms with E-state index >= 15 is 0 Å². The summed E-state index contributed by atoms with van der Waals surface area (Å²) >= 11 is 0. The number of morpholine rings is 1. The van der Waals surface area contributed by atoms with E-state index in [2.05, 4.69) is 33.9 Å². The van der Waals surface area contributed by atoms with Crippen molar-refractivity contribution in [1.29, 1.82) is 0 Å². The smallest absolute Gasteiger partial charge is 0.226 e. The SMILES string of the molecule is Cc1cc(-c2cnc(N3CC(C)OC(C)C3)nc2-c2cccnc2C)on1. The van der Waals surface area contributed by atoms with Crippen molar-refractivity contribution < 1.29 is 9.26 Å². The molecule has 0 aliphatic carbocycles. The van der Waals surface area contributed by atoms with Crippen LogP contribution in [0.5, 0.6) is 0 Å². The lowest BCUT2D eigenvalue weighted by Gasteiger charge is -2.35. The van der Waals surface area contributed by atoms with Crippen LogP contribution in [0.25, 0.3) is 22.6 Å². The zero-order chi connectivity index (χ0) is 19.0. The van der Waals surface area contributed by atoms with Gasteiger partial charge in [-0.3, -0.25) is 4.98 Å². The average molecular weight is 365 g/mol. The molecule has 4 rings (SSSR count). The molecule has 0 spiro atoms. The zero-order valence-electron chi connectivity index (χ0n) is 16.0. The summed E-state index contributed by atoms with van der Waals surface area (Å²) in [7, 11) is 0. The van der Waals surface area contributed by atoms with Crippen molar-refractivity contribution in [3.8, 4) is 22.6 Å². The summed E-state index contributed by atoms with van der Waals surface area (Å²) < 4.78 is 11.3. The number of aromatic nitrogens is 4. The van der Waals surface area contributed by atoms with Crippen LogP contribution in [-0.4, -0.2) is 45.4 Å². The Bertz CT molecular complexity index is 945. The second-order valence-corrected chi connectivity index (χ2v) is 7.06. The lowest BCUT2D eigenvalue weighted by molar-refractivity contribution is -0.00571. The zero-order valence-corrected chi connectivity index (χ0v) is 16.0. The van der Waals surface area contributed by atoms with Crippen molar-refractivity contribution in [2.45, 2.75) is 39.9 Å². The molecule has 7 heteroatoms. The number of hydrogen-bond donors (Lipinski definition) is 0. The fraction of sp³-hybridized carbons (Fsp3) is 0.400. The molecular formula is C20H23N5O2. The predicted molar refractivity (Wildman–Crippen MR) is 102 cm³/mol. The predicted octanol–water partition coefficient (Wildman–Crippen LogP) is 3.42. The molecule has 3 aromatic rings. The second-order valence-electron chi connectivity index (χ2n) is 7.06. The van der Waals surface area contributed by atoms with E-state index in [1.165, 1.54) is 0 Å². The molecule has 2 unspecified atom stereocenters. The normalized spacial score (nSPS) is 20.1. The van der Waals surface area contributed by atoms with Crippen molar-refractivity contribution in [3.05, 3.63) is 42.0 Å². The van der Waals surface area contributed by atoms with Crippen molar-refractivity contribution in [2.24, 2.45) is 0 Å². The van der Waals surface area contributed by atoms with E-state index in [0.29, 0.717) is 11.7 Å². The highest BCUT2D eigenvalue weighted by Gasteiger charge is 2.26. The third kappa shape index (κ3) is 3.55. The first-order chi connectivity index (χ1) is 13.0. The quantitative estimate of drug-likeness (QED) is 0.704. The third-order valence-corrected chi connectivity index (χ3v) is 4.63. The Hall–Kier alpha value is -2.80. The van der Waals surface area contributed by atoms with Gasteiger partial charge >= 0.3 is 0 Å². The maximum absolute atomic E-state index is 5.84. The van der Waals surface area contributed by atoms with Gasteiger partial charge in [0.2, 0.25) is 5.95 Å². The van der Waals surface area contributed by atoms with Gasteiger partial charge in [0.05, 0.1) is 29.2 Å². The van der Waals surface area contributed by atoms with E-state index in [-0.39, 0.29) is 12.2 Å². The van der Waals surface area contributed by atoms with Gasteiger partial charge in [-0.2, -0.15) is 0 Å². The maximum atomic E-state index is 5.84. The second kappa shape index (κ2) is 7.08. The van der Waals surface area contributed by atoms with Gasteiger partial charge in [0.15, 0.2) is 5.76 Å². The Morgan fingerprint density at radius 1 is 1.07 bits per heavy atom. The summed E-state index contributed by atoms with van der Waals surface area (Å²) in [6.45, 7) is 9.53. The van der Waals surface area contributed by atoms with E-state index in [4.69, 9.17) is 14.2 Å². The summed E-state index contributed by atoms with van der Waals surface area (Å²) in [4.78, 5) is 16.1. The molecular weight excluding hydrogens is 342 g/mol. The first kappa shape index (κ1) is 17.6. The molecule has 0 amide bonds. The van der Waals surface area contributed by atoms with Crippen LogP contribution in [0.1, 0.15) is 25.2 Å². The molecule has 1 aliphatic rings. The summed E-state index contributed by atoms with van der Waals surface area (Å²) in [5, 5.41) is 4.01. The first-order valence-electron chi connectivity index (χ1n) is 9.14. The Morgan fingerprint density at radius 3 is 2.52 bits per heavy atom. The van der Waals surface area contributed by atoms with Crippen molar-refractivity contribution in [1.82, 2.24) is 20.1 Å². The largest absolute Gasteiger partial charge is 0.372 e. The van der Waals surface area contributed by atoms with Gasteiger partial charge in [0.1, 0.15) is 0 Å². The topological polar surface area (TPSA) is 77.2 Å². The molecule has 1 saturated heterocycles. The van der Waals surface area contributed by atoms with Crippen LogP contribution in [0.3, 0.4) is 0 Å². The molecule has 0 bridgehead atoms. The molecule has 3 aromatic heterocycles. The van der Waals surface area contributed by atoms with E-state index in [1.54, 1.807) is 6.20 Å². The highest BCUT2D eigenvalue weighted by molar-refractivity contribution is 5.79. The number of rotatable bonds is 3. The van der Waals surface area contributed by atoms with Crippen LogP contribution in [-0.2, 0) is 4.74 Å². The van der Waals surface area contributed by atoms with Crippen LogP contribution in [0.4, 0.5) is 5.95 Å². The number of ether oxygens (including phenoxy) is 1. The van der Waals surface area contributed by atoms with Crippen molar-refractivity contribution >= 4 is 5.95 Å². The highest BCUT2D eigenvalue weighted by Crippen LogP contribution is 2.33. The number of pyridine rings is 1. The standard InChI is InChI=1S/C20H23N5O2/c1-12-8-18(27-24-12)17-9-22-20(25-10-13(2)26-14(3)11-25)23-19(17)16-6-5-7-21-15(16)4/h5-9,13-14H,10-11H2,1-4H3. The van der Waals surface area contributed by atoms with Crippen molar-refractivity contribution in [3.63, 3.8) is 0 Å². The monoisotopic (exact) mass is 365 g/mol. The van der Waals surface area contributed by atoms with Crippen LogP contribution >= 0.6 is 0 Å². The Labute approximate surface area is 158 Å². The van der Waals surface area contributed by atoms with Gasteiger partial charge in [0.25, 0.3) is 0 Å². The van der Waals surface area contributed by atoms with Crippen molar-refractivity contribution in [2.75, 3.05) is 18.0 Å². The summed E-state index contributed by atoms with van der Waals surface area (Å²) in [6, 6.07) is 5.83. The van der Waals surface area contributed by atoms with Gasteiger partial charge in [-0.1, -0.05) is 5.16 Å². The Morgan fingerprint density at radius 2 is 1.85 bits per heavy atom. The number of aryl methyl sites for hydroxylation is 2. The third-order valence-electron chi connectivity index (χ3n) is 4.63. The number of hydrogen-bond acceptors (Lipinski definition) is 7. The lowest BCUT2D eigenvalue weighted by Crippen LogP contribution is -2.46. The fourth-order valence-corrected chi connectivity index (χ4v) is 3.48. The molecule has 2 atom stereocenters. The Kier molecular flexibility index (Phi) is 4.61. The summed E-state index contributed by atoms with van der Waals surface area (Å²) in [5.74, 6) is 1.34. The summed E-state index contributed by atoms with van der Waals surface area (Å²) in [6.07, 6.45) is 3.87. The molecule has 0 saturated carbocycles. The first-order valence-corrected chi connectivity index (χ1v) is 9.14. The molecule has 27 heavy (non-hydrogen) atoms. The minimum Gasteiger partial charge on any atom is -0.372 e. The molecule has 0 radical (unpaired) electrons. The van der Waals surface area contributed by atoms with Crippen LogP contribution in [0.2, 0.25) is 0 Å². The van der Waals surface area contributed by atoms with Gasteiger partial charge < -0.3 is 14.2 Å². The number of anilines is 1. The van der Waals surface area contributed by atoms with Crippen LogP contribution in [0, 0.1) is 13.8 Å². The van der Waals surface area contributed by atoms with Crippen LogP contribution < -0.4 is 4.90 Å². The average Bonchev–Trinajstić information content (AvgIpc) is 3.07. The van der Waals surface area contributed by atoms with E-state index in [1.807, 2.05) is 38.2 Å². The maximum Gasteiger partial charge on any atom is 0.226 e. The van der Waals surface area contributed by atoms with Gasteiger partial charge in [-0.25, -0.2) is 9.97 Å². The highest BCUT2D eigenvalue weighted by atomic mass is 16.5. The molecule has 4 heterocycles. The summed E-state index contributed by atoms with van der Waals surface area (Å²) in [5.41, 5.74) is 4.29. The molecule has 7 nitrogen and oxygen atoms in total. The minimum atomic E-state index is 0.137. The molecule has 0 aromatic carbocycles.